The lowest BCUT2D eigenvalue weighted by Crippen LogP contribution is -2.46. The Kier molecular flexibility index (Phi) is 6.41. The van der Waals surface area contributed by atoms with Gasteiger partial charge in [-0.3, -0.25) is 15.0 Å². The monoisotopic (exact) mass is 336 g/mol. The predicted molar refractivity (Wildman–Crippen MR) is 82.5 cm³/mol. The van der Waals surface area contributed by atoms with Crippen LogP contribution in [0.4, 0.5) is 5.69 Å². The summed E-state index contributed by atoms with van der Waals surface area (Å²) >= 11 is 0. The van der Waals surface area contributed by atoms with Gasteiger partial charge in [-0.05, 0) is 24.3 Å². The number of hydrogen-bond acceptors (Lipinski definition) is 5. The van der Waals surface area contributed by atoms with Gasteiger partial charge in [0.05, 0.1) is 0 Å². The molecule has 0 aromatic heterocycles. The molecule has 0 radical (unpaired) electrons. The smallest absolute Gasteiger partial charge is 0.338 e. The van der Waals surface area contributed by atoms with E-state index in [1.54, 1.807) is 5.32 Å². The predicted octanol–water partition coefficient (Wildman–Crippen LogP) is -0.657. The van der Waals surface area contributed by atoms with E-state index in [1.807, 2.05) is 0 Å². The summed E-state index contributed by atoms with van der Waals surface area (Å²) in [7, 11) is 0. The van der Waals surface area contributed by atoms with Crippen molar-refractivity contribution in [2.75, 3.05) is 5.32 Å². The van der Waals surface area contributed by atoms with Gasteiger partial charge in [-0.2, -0.15) is 0 Å². The molecule has 24 heavy (non-hydrogen) atoms. The highest BCUT2D eigenvalue weighted by molar-refractivity contribution is 6.01. The zero-order chi connectivity index (χ0) is 18.3. The van der Waals surface area contributed by atoms with Gasteiger partial charge in [0.2, 0.25) is 17.9 Å². The Bertz CT molecular complexity index is 656. The highest BCUT2D eigenvalue weighted by atomic mass is 16.4. The number of nitrogen functional groups attached to an aromatic ring is 1. The second-order valence-corrected chi connectivity index (χ2v) is 4.72. The maximum Gasteiger partial charge on any atom is 0.338 e. The summed E-state index contributed by atoms with van der Waals surface area (Å²) in [6.07, 6.45) is -0.624. The number of carbonyl (C=O) groups excluding carboxylic acids is 2. The molecule has 10 heteroatoms. The highest BCUT2D eigenvalue weighted by Gasteiger charge is 2.27. The van der Waals surface area contributed by atoms with Crippen LogP contribution in [0.1, 0.15) is 18.4 Å². The molecule has 0 bridgehead atoms. The minimum absolute atomic E-state index is 0.115. The number of hydrogen-bond donors (Lipinski definition) is 6. The van der Waals surface area contributed by atoms with Crippen molar-refractivity contribution in [3.05, 3.63) is 29.8 Å². The van der Waals surface area contributed by atoms with Gasteiger partial charge in [0, 0.05) is 24.1 Å². The van der Waals surface area contributed by atoms with Crippen LogP contribution in [-0.2, 0) is 19.2 Å². The third-order valence-electron chi connectivity index (χ3n) is 2.86. The van der Waals surface area contributed by atoms with E-state index in [0.717, 1.165) is 0 Å². The number of anilines is 1. The molecule has 10 nitrogen and oxygen atoms in total. The molecule has 1 rings (SSSR count). The molecule has 0 saturated carbocycles. The van der Waals surface area contributed by atoms with Crippen molar-refractivity contribution in [2.24, 2.45) is 5.73 Å². The van der Waals surface area contributed by atoms with Crippen LogP contribution in [0, 0.1) is 5.41 Å². The number of nitrogens with one attached hydrogen (secondary N) is 3. The molecule has 2 amide bonds. The van der Waals surface area contributed by atoms with Crippen LogP contribution in [0.5, 0.6) is 0 Å². The number of nitrogens with two attached hydrogens (primary N) is 1. The molecule has 7 N–H and O–H groups in total. The Morgan fingerprint density at radius 2 is 1.50 bits per heavy atom. The average Bonchev–Trinajstić information content (AvgIpc) is 2.50. The molecular formula is C14H16N4O6. The second kappa shape index (κ2) is 8.27. The lowest BCUT2D eigenvalue weighted by Gasteiger charge is -2.10. The SMILES string of the molecule is N=C(N)c1ccc(NC(=O)CCC(=O)NC(C(=O)O)C(=O)O)cc1. The molecule has 0 saturated heterocycles. The van der Waals surface area contributed by atoms with Crippen molar-refractivity contribution < 1.29 is 29.4 Å². The van der Waals surface area contributed by atoms with Crippen molar-refractivity contribution in [1.82, 2.24) is 5.32 Å². The van der Waals surface area contributed by atoms with Gasteiger partial charge in [0.15, 0.2) is 0 Å². The fourth-order valence-corrected chi connectivity index (χ4v) is 1.65. The van der Waals surface area contributed by atoms with Gasteiger partial charge in [-0.1, -0.05) is 0 Å². The Morgan fingerprint density at radius 1 is 1.00 bits per heavy atom. The van der Waals surface area contributed by atoms with Crippen molar-refractivity contribution in [1.29, 1.82) is 5.41 Å². The minimum atomic E-state index is -2.06. The molecule has 0 unspecified atom stereocenters. The number of benzene rings is 1. The summed E-state index contributed by atoms with van der Waals surface area (Å²) in [5.41, 5.74) is 6.21. The Balaban J connectivity index is 2.48. The van der Waals surface area contributed by atoms with Gasteiger partial charge >= 0.3 is 11.9 Å². The van der Waals surface area contributed by atoms with Crippen LogP contribution in [0.3, 0.4) is 0 Å². The van der Waals surface area contributed by atoms with E-state index >= 15 is 0 Å². The van der Waals surface area contributed by atoms with E-state index in [4.69, 9.17) is 21.4 Å². The topological polar surface area (TPSA) is 183 Å². The zero-order valence-electron chi connectivity index (χ0n) is 12.4. The van der Waals surface area contributed by atoms with Gasteiger partial charge in [0.25, 0.3) is 0 Å². The highest BCUT2D eigenvalue weighted by Crippen LogP contribution is 2.09. The molecule has 0 aliphatic carbocycles. The number of carboxylic acid groups (broad SMARTS) is 2. The lowest BCUT2D eigenvalue weighted by molar-refractivity contribution is -0.153. The van der Waals surface area contributed by atoms with Gasteiger partial charge in [-0.15, -0.1) is 0 Å². The van der Waals surface area contributed by atoms with Crippen LogP contribution in [0.25, 0.3) is 0 Å². The normalized spacial score (nSPS) is 10.0. The van der Waals surface area contributed by atoms with Crippen LogP contribution in [-0.4, -0.2) is 45.8 Å². The molecular weight excluding hydrogens is 320 g/mol. The molecule has 1 aromatic rings. The first-order valence-corrected chi connectivity index (χ1v) is 6.70. The summed E-state index contributed by atoms with van der Waals surface area (Å²) < 4.78 is 0. The summed E-state index contributed by atoms with van der Waals surface area (Å²) in [4.78, 5) is 44.4. The van der Waals surface area contributed by atoms with E-state index in [2.05, 4.69) is 5.32 Å². The van der Waals surface area contributed by atoms with Gasteiger partial charge in [-0.25, -0.2) is 9.59 Å². The molecule has 0 spiro atoms. The van der Waals surface area contributed by atoms with Crippen molar-refractivity contribution in [3.8, 4) is 0 Å². The first kappa shape index (κ1) is 18.6. The van der Waals surface area contributed by atoms with Crippen LogP contribution < -0.4 is 16.4 Å². The number of amides is 2. The first-order valence-electron chi connectivity index (χ1n) is 6.70. The number of carboxylic acids is 2. The maximum absolute atomic E-state index is 11.7. The number of carbonyl (C=O) groups is 4. The number of rotatable bonds is 8. The zero-order valence-corrected chi connectivity index (χ0v) is 12.4. The third kappa shape index (κ3) is 5.75. The molecule has 0 atom stereocenters. The molecule has 1 aromatic carbocycles. The quantitative estimate of drug-likeness (QED) is 0.207. The minimum Gasteiger partial charge on any atom is -0.479 e. The second-order valence-electron chi connectivity index (χ2n) is 4.72. The van der Waals surface area contributed by atoms with E-state index in [1.165, 1.54) is 24.3 Å². The van der Waals surface area contributed by atoms with Crippen LogP contribution in [0.15, 0.2) is 24.3 Å². The fourth-order valence-electron chi connectivity index (χ4n) is 1.65. The van der Waals surface area contributed by atoms with Gasteiger partial charge in [0.1, 0.15) is 5.84 Å². The third-order valence-corrected chi connectivity index (χ3v) is 2.86. The number of amidine groups is 1. The van der Waals surface area contributed by atoms with Gasteiger partial charge < -0.3 is 26.6 Å². The average molecular weight is 336 g/mol. The first-order chi connectivity index (χ1) is 11.2. The standard InChI is InChI=1S/C14H16N4O6/c15-12(16)7-1-3-8(4-2-7)17-9(19)5-6-10(20)18-11(13(21)22)14(23)24/h1-4,11H,5-6H2,(H3,15,16)(H,17,19)(H,18,20)(H,21,22)(H,23,24). The molecule has 0 fully saturated rings. The fraction of sp³-hybridized carbons (Fsp3) is 0.214. The van der Waals surface area contributed by atoms with E-state index in [9.17, 15) is 19.2 Å². The Morgan fingerprint density at radius 3 is 1.96 bits per heavy atom. The maximum atomic E-state index is 11.7. The summed E-state index contributed by atoms with van der Waals surface area (Å²) in [5.74, 6) is -4.90. The Hall–Kier alpha value is -3.43. The van der Waals surface area contributed by atoms with Crippen LogP contribution >= 0.6 is 0 Å². The number of aliphatic carboxylic acids is 2. The van der Waals surface area contributed by atoms with Crippen LogP contribution in [0.2, 0.25) is 0 Å². The molecule has 0 aliphatic rings. The summed E-state index contributed by atoms with van der Waals surface area (Å²) in [5, 5.41) is 28.8. The van der Waals surface area contributed by atoms with E-state index < -0.39 is 29.8 Å². The molecule has 0 aliphatic heterocycles. The van der Waals surface area contributed by atoms with Crippen molar-refractivity contribution >= 4 is 35.3 Å². The molecule has 0 heterocycles. The summed E-state index contributed by atoms with van der Waals surface area (Å²) in [6.45, 7) is 0. The summed E-state index contributed by atoms with van der Waals surface area (Å²) in [6, 6.07) is 4.07. The van der Waals surface area contributed by atoms with E-state index in [-0.39, 0.29) is 18.7 Å². The molecule has 128 valence electrons. The Labute approximate surface area is 136 Å². The lowest BCUT2D eigenvalue weighted by atomic mass is 10.2. The largest absolute Gasteiger partial charge is 0.479 e. The van der Waals surface area contributed by atoms with Crippen molar-refractivity contribution in [2.45, 2.75) is 18.9 Å². The van der Waals surface area contributed by atoms with Crippen molar-refractivity contribution in [3.63, 3.8) is 0 Å². The van der Waals surface area contributed by atoms with E-state index in [0.29, 0.717) is 11.3 Å².